The van der Waals surface area contributed by atoms with Gasteiger partial charge in [-0.25, -0.2) is 4.39 Å². The van der Waals surface area contributed by atoms with Crippen LogP contribution in [-0.4, -0.2) is 48.8 Å². The van der Waals surface area contributed by atoms with E-state index in [0.29, 0.717) is 25.9 Å². The molecule has 2 aliphatic rings. The molecule has 2 fully saturated rings. The monoisotopic (exact) mass is 346 g/mol. The molecule has 0 radical (unpaired) electrons. The normalized spacial score (nSPS) is 20.5. The summed E-state index contributed by atoms with van der Waals surface area (Å²) in [5.74, 6) is -0.0150. The van der Waals surface area contributed by atoms with E-state index in [-0.39, 0.29) is 23.5 Å². The van der Waals surface area contributed by atoms with Gasteiger partial charge in [-0.05, 0) is 43.4 Å². The lowest BCUT2D eigenvalue weighted by Gasteiger charge is -2.39. The minimum absolute atomic E-state index is 0.00717. The quantitative estimate of drug-likeness (QED) is 0.844. The number of carbonyl (C=O) groups is 2. The van der Waals surface area contributed by atoms with Gasteiger partial charge in [-0.1, -0.05) is 25.0 Å². The number of hydrogen-bond donors (Lipinski definition) is 0. The maximum absolute atomic E-state index is 13.7. The molecule has 0 aromatic heterocycles. The van der Waals surface area contributed by atoms with Gasteiger partial charge in [0.05, 0.1) is 5.41 Å². The van der Waals surface area contributed by atoms with Gasteiger partial charge in [-0.2, -0.15) is 0 Å². The molecule has 1 aliphatic heterocycles. The van der Waals surface area contributed by atoms with Crippen LogP contribution in [0.15, 0.2) is 24.3 Å². The Balaban J connectivity index is 1.76. The van der Waals surface area contributed by atoms with Gasteiger partial charge in [0.25, 0.3) is 0 Å². The number of benzene rings is 1. The second-order valence-corrected chi connectivity index (χ2v) is 7.60. The molecule has 1 aromatic carbocycles. The number of halogens is 1. The summed E-state index contributed by atoms with van der Waals surface area (Å²) in [4.78, 5) is 29.0. The molecule has 2 amide bonds. The maximum atomic E-state index is 13.7. The smallest absolute Gasteiger partial charge is 0.233 e. The summed E-state index contributed by atoms with van der Waals surface area (Å²) in [6.07, 6.45) is 4.98. The van der Waals surface area contributed by atoms with Crippen LogP contribution in [0, 0.1) is 11.7 Å². The average molecular weight is 346 g/mol. The van der Waals surface area contributed by atoms with Gasteiger partial charge in [0.15, 0.2) is 0 Å². The fourth-order valence-corrected chi connectivity index (χ4v) is 4.39. The summed E-state index contributed by atoms with van der Waals surface area (Å²) < 4.78 is 13.7. The third kappa shape index (κ3) is 3.42. The second-order valence-electron chi connectivity index (χ2n) is 7.60. The highest BCUT2D eigenvalue weighted by Crippen LogP contribution is 2.43. The number of nitrogens with zero attached hydrogens (tertiary/aromatic N) is 2. The zero-order chi connectivity index (χ0) is 18.0. The van der Waals surface area contributed by atoms with Crippen molar-refractivity contribution in [1.82, 2.24) is 9.80 Å². The Morgan fingerprint density at radius 3 is 2.36 bits per heavy atom. The second kappa shape index (κ2) is 7.14. The lowest BCUT2D eigenvalue weighted by molar-refractivity contribution is -0.142. The molecule has 1 saturated heterocycles. The maximum Gasteiger partial charge on any atom is 0.233 e. The van der Waals surface area contributed by atoms with E-state index < -0.39 is 5.41 Å². The van der Waals surface area contributed by atoms with E-state index in [9.17, 15) is 14.0 Å². The van der Waals surface area contributed by atoms with Crippen molar-refractivity contribution in [3.63, 3.8) is 0 Å². The average Bonchev–Trinajstić information content (AvgIpc) is 3.11. The van der Waals surface area contributed by atoms with Crippen LogP contribution < -0.4 is 0 Å². The van der Waals surface area contributed by atoms with E-state index in [2.05, 4.69) is 0 Å². The van der Waals surface area contributed by atoms with E-state index >= 15 is 0 Å². The molecule has 1 aliphatic carbocycles. The first-order chi connectivity index (χ1) is 11.9. The summed E-state index contributed by atoms with van der Waals surface area (Å²) in [5.41, 5.74) is 0.224. The first kappa shape index (κ1) is 17.9. The molecule has 136 valence electrons. The van der Waals surface area contributed by atoms with E-state index in [4.69, 9.17) is 0 Å². The third-order valence-electron chi connectivity index (χ3n) is 5.82. The third-order valence-corrected chi connectivity index (χ3v) is 5.82. The van der Waals surface area contributed by atoms with Crippen LogP contribution >= 0.6 is 0 Å². The molecule has 0 atom stereocenters. The Hall–Kier alpha value is -1.91. The molecular weight excluding hydrogens is 319 g/mol. The molecule has 0 bridgehead atoms. The van der Waals surface area contributed by atoms with E-state index in [0.717, 1.165) is 31.2 Å². The van der Waals surface area contributed by atoms with Crippen molar-refractivity contribution >= 4 is 11.8 Å². The van der Waals surface area contributed by atoms with Crippen LogP contribution in [0.25, 0.3) is 0 Å². The molecule has 0 spiro atoms. The lowest BCUT2D eigenvalue weighted by atomic mass is 9.77. The van der Waals surface area contributed by atoms with Crippen molar-refractivity contribution in [2.45, 2.75) is 43.9 Å². The summed E-state index contributed by atoms with van der Waals surface area (Å²) >= 11 is 0. The summed E-state index contributed by atoms with van der Waals surface area (Å²) in [7, 11) is 3.55. The number of piperidine rings is 1. The van der Waals surface area contributed by atoms with Crippen LogP contribution in [-0.2, 0) is 15.0 Å². The molecular formula is C20H27FN2O2. The predicted molar refractivity (Wildman–Crippen MR) is 94.5 cm³/mol. The van der Waals surface area contributed by atoms with Gasteiger partial charge in [0, 0.05) is 33.1 Å². The van der Waals surface area contributed by atoms with Crippen molar-refractivity contribution in [3.05, 3.63) is 35.6 Å². The molecule has 0 N–H and O–H groups in total. The zero-order valence-electron chi connectivity index (χ0n) is 15.1. The number of rotatable bonds is 3. The Morgan fingerprint density at radius 1 is 1.16 bits per heavy atom. The highest BCUT2D eigenvalue weighted by Gasteiger charge is 2.45. The van der Waals surface area contributed by atoms with Crippen molar-refractivity contribution in [3.8, 4) is 0 Å². The highest BCUT2D eigenvalue weighted by atomic mass is 19.1. The number of carbonyl (C=O) groups excluding carboxylic acids is 2. The minimum Gasteiger partial charge on any atom is -0.349 e. The Kier molecular flexibility index (Phi) is 5.11. The van der Waals surface area contributed by atoms with Crippen LogP contribution in [0.4, 0.5) is 4.39 Å². The van der Waals surface area contributed by atoms with Crippen molar-refractivity contribution in [1.29, 1.82) is 0 Å². The Morgan fingerprint density at radius 2 is 1.80 bits per heavy atom. The van der Waals surface area contributed by atoms with Gasteiger partial charge < -0.3 is 9.80 Å². The lowest BCUT2D eigenvalue weighted by Crippen LogP contribution is -2.50. The van der Waals surface area contributed by atoms with Crippen LogP contribution in [0.3, 0.4) is 0 Å². The first-order valence-corrected chi connectivity index (χ1v) is 9.20. The Bertz CT molecular complexity index is 645. The van der Waals surface area contributed by atoms with E-state index in [1.54, 1.807) is 25.1 Å². The number of amides is 2. The molecule has 25 heavy (non-hydrogen) atoms. The largest absolute Gasteiger partial charge is 0.349 e. The Labute approximate surface area is 149 Å². The molecule has 1 aromatic rings. The van der Waals surface area contributed by atoms with E-state index in [1.165, 1.54) is 12.1 Å². The number of hydrogen-bond acceptors (Lipinski definition) is 2. The molecule has 3 rings (SSSR count). The standard InChI is InChI=1S/C20H27FN2O2/c1-22(2)18(24)15-8-12-23(13-9-15)19(25)20(10-3-4-11-20)16-6-5-7-17(21)14-16/h5-7,14-15H,3-4,8-13H2,1-2H3. The predicted octanol–water partition coefficient (Wildman–Crippen LogP) is 2.96. The highest BCUT2D eigenvalue weighted by molar-refractivity contribution is 5.89. The van der Waals surface area contributed by atoms with Crippen LogP contribution in [0.5, 0.6) is 0 Å². The minimum atomic E-state index is -0.583. The topological polar surface area (TPSA) is 40.6 Å². The van der Waals surface area contributed by atoms with Gasteiger partial charge in [0.2, 0.25) is 11.8 Å². The van der Waals surface area contributed by atoms with Gasteiger partial charge in [-0.15, -0.1) is 0 Å². The fourth-order valence-electron chi connectivity index (χ4n) is 4.39. The SMILES string of the molecule is CN(C)C(=O)C1CCN(C(=O)C2(c3cccc(F)c3)CCCC2)CC1. The summed E-state index contributed by atoms with van der Waals surface area (Å²) in [6.45, 7) is 1.22. The molecule has 1 saturated carbocycles. The summed E-state index contributed by atoms with van der Waals surface area (Å²) in [6, 6.07) is 6.52. The fraction of sp³-hybridized carbons (Fsp3) is 0.600. The molecule has 1 heterocycles. The van der Waals surface area contributed by atoms with Crippen molar-refractivity contribution < 1.29 is 14.0 Å². The van der Waals surface area contributed by atoms with E-state index in [1.807, 2.05) is 11.0 Å². The molecule has 4 nitrogen and oxygen atoms in total. The molecule has 0 unspecified atom stereocenters. The van der Waals surface area contributed by atoms with Gasteiger partial charge >= 0.3 is 0 Å². The van der Waals surface area contributed by atoms with Gasteiger partial charge in [0.1, 0.15) is 5.82 Å². The van der Waals surface area contributed by atoms with Crippen LogP contribution in [0.2, 0.25) is 0 Å². The number of likely N-dealkylation sites (tertiary alicyclic amines) is 1. The first-order valence-electron chi connectivity index (χ1n) is 9.20. The van der Waals surface area contributed by atoms with Crippen molar-refractivity contribution in [2.75, 3.05) is 27.2 Å². The van der Waals surface area contributed by atoms with Crippen molar-refractivity contribution in [2.24, 2.45) is 5.92 Å². The summed E-state index contributed by atoms with van der Waals surface area (Å²) in [5, 5.41) is 0. The van der Waals surface area contributed by atoms with Crippen LogP contribution in [0.1, 0.15) is 44.1 Å². The van der Waals surface area contributed by atoms with Gasteiger partial charge in [-0.3, -0.25) is 9.59 Å². The zero-order valence-corrected chi connectivity index (χ0v) is 15.1. The molecule has 5 heteroatoms.